The Kier molecular flexibility index (Phi) is 6.96. The molecule has 4 unspecified atom stereocenters. The van der Waals surface area contributed by atoms with Crippen molar-refractivity contribution in [2.24, 2.45) is 39.9 Å². The summed E-state index contributed by atoms with van der Waals surface area (Å²) >= 11 is 0. The lowest BCUT2D eigenvalue weighted by molar-refractivity contribution is 0.221. The van der Waals surface area contributed by atoms with Gasteiger partial charge in [-0.1, -0.05) is 78.8 Å². The van der Waals surface area contributed by atoms with Gasteiger partial charge >= 0.3 is 0 Å². The maximum Gasteiger partial charge on any atom is 0.0496 e. The van der Waals surface area contributed by atoms with E-state index in [0.29, 0.717) is 23.3 Å². The van der Waals surface area contributed by atoms with Crippen LogP contribution in [0.3, 0.4) is 0 Å². The highest BCUT2D eigenvalue weighted by Gasteiger charge is 2.59. The van der Waals surface area contributed by atoms with Crippen LogP contribution in [0, 0.1) is 39.9 Å². The number of allylic oxidation sites excluding steroid dienone is 2. The van der Waals surface area contributed by atoms with Crippen molar-refractivity contribution in [2.45, 2.75) is 112 Å². The third-order valence-corrected chi connectivity index (χ3v) is 9.19. The van der Waals surface area contributed by atoms with Crippen molar-refractivity contribution in [2.75, 3.05) is 0 Å². The Morgan fingerprint density at radius 3 is 2.03 bits per heavy atom. The van der Waals surface area contributed by atoms with Crippen molar-refractivity contribution in [3.05, 3.63) is 36.6 Å². The molecule has 0 radical (unpaired) electrons. The predicted octanol–water partition coefficient (Wildman–Crippen LogP) is 8.69. The van der Waals surface area contributed by atoms with Gasteiger partial charge in [0.15, 0.2) is 0 Å². The fourth-order valence-electron chi connectivity index (χ4n) is 7.11. The van der Waals surface area contributed by atoms with E-state index in [-0.39, 0.29) is 5.41 Å². The fourth-order valence-corrected chi connectivity index (χ4v) is 7.11. The number of hydrogen-bond acceptors (Lipinski definition) is 1. The van der Waals surface area contributed by atoms with E-state index in [9.17, 15) is 0 Å². The molecule has 4 atom stereocenters. The highest BCUT2D eigenvalue weighted by atomic mass is 14.9. The maximum absolute atomic E-state index is 4.72. The highest BCUT2D eigenvalue weighted by Crippen LogP contribution is 2.65. The summed E-state index contributed by atoms with van der Waals surface area (Å²) in [5.74, 6) is 2.85. The summed E-state index contributed by atoms with van der Waals surface area (Å²) < 4.78 is 0. The fraction of sp³-hybridized carbons (Fsp3) is 0.800. The van der Waals surface area contributed by atoms with Gasteiger partial charge < -0.3 is 5.32 Å². The number of nitrogens with one attached hydrogen (secondary N) is 1. The van der Waals surface area contributed by atoms with E-state index in [0.717, 1.165) is 30.1 Å². The Hall–Kier alpha value is -0.980. The molecule has 3 saturated carbocycles. The lowest BCUT2D eigenvalue weighted by atomic mass is 9.73. The molecule has 1 spiro atoms. The van der Waals surface area contributed by atoms with Crippen LogP contribution in [0.1, 0.15) is 106 Å². The van der Waals surface area contributed by atoms with Crippen LogP contribution in [0.25, 0.3) is 0 Å². The van der Waals surface area contributed by atoms with Gasteiger partial charge in [0.05, 0.1) is 0 Å². The van der Waals surface area contributed by atoms with Crippen LogP contribution in [0.5, 0.6) is 0 Å². The SMILES string of the molecule is C=C(CC(C)(C)C)NC(C(=C)CC(C(=C)C)C1C(CC)C1(C)C)C1CCC2(CC1)CC2. The summed E-state index contributed by atoms with van der Waals surface area (Å²) in [5.41, 5.74) is 5.38. The molecular formula is C30H51N. The largest absolute Gasteiger partial charge is 0.382 e. The molecule has 0 aromatic heterocycles. The minimum absolute atomic E-state index is 0.257. The third kappa shape index (κ3) is 5.69. The molecular weight excluding hydrogens is 374 g/mol. The van der Waals surface area contributed by atoms with Crippen LogP contribution in [0.15, 0.2) is 36.6 Å². The Bertz CT molecular complexity index is 688. The molecule has 0 aromatic rings. The summed E-state index contributed by atoms with van der Waals surface area (Å²) in [6.45, 7) is 30.0. The zero-order valence-corrected chi connectivity index (χ0v) is 21.9. The topological polar surface area (TPSA) is 12.0 Å². The molecule has 0 heterocycles. The quantitative estimate of drug-likeness (QED) is 0.345. The van der Waals surface area contributed by atoms with Gasteiger partial charge in [0.2, 0.25) is 0 Å². The Morgan fingerprint density at radius 2 is 1.61 bits per heavy atom. The molecule has 0 amide bonds. The zero-order valence-electron chi connectivity index (χ0n) is 21.9. The number of rotatable bonds is 10. The molecule has 0 aromatic carbocycles. The second-order valence-electron chi connectivity index (χ2n) is 13.5. The molecule has 0 saturated heterocycles. The van der Waals surface area contributed by atoms with Gasteiger partial charge in [-0.2, -0.15) is 0 Å². The average Bonchev–Trinajstić information content (AvgIpc) is 3.52. The first-order valence-corrected chi connectivity index (χ1v) is 13.1. The Labute approximate surface area is 194 Å². The van der Waals surface area contributed by atoms with Crippen molar-refractivity contribution in [1.82, 2.24) is 5.32 Å². The predicted molar refractivity (Wildman–Crippen MR) is 137 cm³/mol. The van der Waals surface area contributed by atoms with Gasteiger partial charge in [0.25, 0.3) is 0 Å². The molecule has 176 valence electrons. The van der Waals surface area contributed by atoms with E-state index in [2.05, 4.69) is 66.9 Å². The zero-order chi connectivity index (χ0) is 23.2. The standard InChI is InChI=1S/C30H51N/c1-11-25-26(29(25,9)10)24(20(2)3)18-21(4)27(31-22(5)19-28(6,7)8)23-12-14-30(15-13-23)16-17-30/h23-27,31H,2,4-5,11-19H2,1,3,6-10H3. The lowest BCUT2D eigenvalue weighted by Gasteiger charge is -2.38. The van der Waals surface area contributed by atoms with Gasteiger partial charge in [-0.25, -0.2) is 0 Å². The second-order valence-corrected chi connectivity index (χ2v) is 13.5. The maximum atomic E-state index is 4.72. The van der Waals surface area contributed by atoms with Crippen molar-refractivity contribution in [3.63, 3.8) is 0 Å². The van der Waals surface area contributed by atoms with E-state index >= 15 is 0 Å². The van der Waals surface area contributed by atoms with Crippen LogP contribution >= 0.6 is 0 Å². The molecule has 3 aliphatic carbocycles. The van der Waals surface area contributed by atoms with Crippen LogP contribution in [-0.4, -0.2) is 6.04 Å². The molecule has 0 aliphatic heterocycles. The van der Waals surface area contributed by atoms with Crippen LogP contribution in [0.2, 0.25) is 0 Å². The van der Waals surface area contributed by atoms with Gasteiger partial charge in [-0.3, -0.25) is 0 Å². The first kappa shape index (κ1) is 24.7. The van der Waals surface area contributed by atoms with Crippen molar-refractivity contribution in [3.8, 4) is 0 Å². The minimum atomic E-state index is 0.257. The summed E-state index contributed by atoms with van der Waals surface area (Å²) in [7, 11) is 0. The smallest absolute Gasteiger partial charge is 0.0496 e. The average molecular weight is 426 g/mol. The molecule has 3 aliphatic rings. The first-order chi connectivity index (χ1) is 14.3. The van der Waals surface area contributed by atoms with Crippen molar-refractivity contribution in [1.29, 1.82) is 0 Å². The van der Waals surface area contributed by atoms with E-state index in [1.165, 1.54) is 61.8 Å². The van der Waals surface area contributed by atoms with Crippen molar-refractivity contribution < 1.29 is 0 Å². The Morgan fingerprint density at radius 1 is 1.03 bits per heavy atom. The molecule has 1 N–H and O–H groups in total. The van der Waals surface area contributed by atoms with E-state index < -0.39 is 0 Å². The third-order valence-electron chi connectivity index (χ3n) is 9.19. The molecule has 0 bridgehead atoms. The molecule has 1 heteroatoms. The first-order valence-electron chi connectivity index (χ1n) is 13.1. The van der Waals surface area contributed by atoms with Crippen molar-refractivity contribution >= 4 is 0 Å². The van der Waals surface area contributed by atoms with Crippen LogP contribution < -0.4 is 5.32 Å². The van der Waals surface area contributed by atoms with Gasteiger partial charge in [0.1, 0.15) is 0 Å². The summed E-state index contributed by atoms with van der Waals surface area (Å²) in [4.78, 5) is 0. The van der Waals surface area contributed by atoms with Gasteiger partial charge in [0, 0.05) is 11.7 Å². The molecule has 31 heavy (non-hydrogen) atoms. The molecule has 1 nitrogen and oxygen atoms in total. The second kappa shape index (κ2) is 8.75. The molecule has 3 rings (SSSR count). The van der Waals surface area contributed by atoms with Crippen LogP contribution in [0.4, 0.5) is 0 Å². The van der Waals surface area contributed by atoms with E-state index in [1.807, 2.05) is 0 Å². The summed E-state index contributed by atoms with van der Waals surface area (Å²) in [5, 5.41) is 3.92. The Balaban J connectivity index is 1.72. The highest BCUT2D eigenvalue weighted by molar-refractivity contribution is 5.22. The van der Waals surface area contributed by atoms with Gasteiger partial charge in [-0.15, -0.1) is 0 Å². The molecule has 3 fully saturated rings. The lowest BCUT2D eigenvalue weighted by Crippen LogP contribution is -2.40. The number of hydrogen-bond donors (Lipinski definition) is 1. The normalized spacial score (nSPS) is 30.4. The van der Waals surface area contributed by atoms with Crippen LogP contribution in [-0.2, 0) is 0 Å². The summed E-state index contributed by atoms with van der Waals surface area (Å²) in [6, 6.07) is 0.370. The van der Waals surface area contributed by atoms with E-state index in [4.69, 9.17) is 6.58 Å². The van der Waals surface area contributed by atoms with E-state index in [1.54, 1.807) is 0 Å². The summed E-state index contributed by atoms with van der Waals surface area (Å²) in [6.07, 6.45) is 11.9. The minimum Gasteiger partial charge on any atom is -0.382 e. The monoisotopic (exact) mass is 425 g/mol. The van der Waals surface area contributed by atoms with Gasteiger partial charge in [-0.05, 0) is 98.2 Å².